The molecule has 0 radical (unpaired) electrons. The Labute approximate surface area is 77.9 Å². The molecule has 4 heteroatoms. The van der Waals surface area contributed by atoms with Crippen molar-refractivity contribution in [2.45, 2.75) is 26.3 Å². The van der Waals surface area contributed by atoms with E-state index in [0.29, 0.717) is 5.56 Å². The van der Waals surface area contributed by atoms with Crippen molar-refractivity contribution in [1.82, 2.24) is 15.1 Å². The lowest BCUT2D eigenvalue weighted by Gasteiger charge is -2.09. The SMILES string of the molecule is CC[C@H](C)NC(=O)c1cnn(C)c1. The first-order valence-electron chi connectivity index (χ1n) is 4.43. The van der Waals surface area contributed by atoms with Gasteiger partial charge in [-0.05, 0) is 13.3 Å². The molecule has 72 valence electrons. The van der Waals surface area contributed by atoms with E-state index in [9.17, 15) is 4.79 Å². The van der Waals surface area contributed by atoms with E-state index >= 15 is 0 Å². The minimum absolute atomic E-state index is 0.0533. The smallest absolute Gasteiger partial charge is 0.254 e. The lowest BCUT2D eigenvalue weighted by atomic mass is 10.2. The van der Waals surface area contributed by atoms with E-state index in [1.807, 2.05) is 13.8 Å². The summed E-state index contributed by atoms with van der Waals surface area (Å²) in [6, 6.07) is 0.215. The summed E-state index contributed by atoms with van der Waals surface area (Å²) in [5.74, 6) is -0.0533. The average Bonchev–Trinajstić information content (AvgIpc) is 2.51. The van der Waals surface area contributed by atoms with Crippen molar-refractivity contribution in [3.05, 3.63) is 18.0 Å². The van der Waals surface area contributed by atoms with Crippen molar-refractivity contribution in [3.8, 4) is 0 Å². The zero-order valence-corrected chi connectivity index (χ0v) is 8.24. The van der Waals surface area contributed by atoms with Gasteiger partial charge in [0.1, 0.15) is 0 Å². The van der Waals surface area contributed by atoms with Crippen LogP contribution in [0.3, 0.4) is 0 Å². The van der Waals surface area contributed by atoms with Crippen LogP contribution in [0.2, 0.25) is 0 Å². The summed E-state index contributed by atoms with van der Waals surface area (Å²) in [6.07, 6.45) is 4.21. The number of nitrogens with one attached hydrogen (secondary N) is 1. The van der Waals surface area contributed by atoms with E-state index < -0.39 is 0 Å². The van der Waals surface area contributed by atoms with Crippen LogP contribution in [-0.2, 0) is 7.05 Å². The molecule has 0 saturated carbocycles. The number of amides is 1. The van der Waals surface area contributed by atoms with Crippen LogP contribution >= 0.6 is 0 Å². The molecule has 0 aliphatic rings. The molecule has 0 aromatic carbocycles. The Bertz CT molecular complexity index is 293. The van der Waals surface area contributed by atoms with E-state index in [4.69, 9.17) is 0 Å². The molecular weight excluding hydrogens is 166 g/mol. The van der Waals surface area contributed by atoms with E-state index in [0.717, 1.165) is 6.42 Å². The van der Waals surface area contributed by atoms with E-state index in [1.54, 1.807) is 24.1 Å². The van der Waals surface area contributed by atoms with Crippen molar-refractivity contribution in [1.29, 1.82) is 0 Å². The highest BCUT2D eigenvalue weighted by Crippen LogP contribution is 1.97. The summed E-state index contributed by atoms with van der Waals surface area (Å²) in [6.45, 7) is 4.02. The molecule has 4 nitrogen and oxygen atoms in total. The predicted molar refractivity (Wildman–Crippen MR) is 50.4 cm³/mol. The molecule has 1 rings (SSSR count). The Morgan fingerprint density at radius 1 is 1.77 bits per heavy atom. The van der Waals surface area contributed by atoms with Crippen molar-refractivity contribution < 1.29 is 4.79 Å². The molecule has 1 amide bonds. The molecule has 0 unspecified atom stereocenters. The van der Waals surface area contributed by atoms with Crippen LogP contribution in [0, 0.1) is 0 Å². The van der Waals surface area contributed by atoms with Crippen molar-refractivity contribution in [2.75, 3.05) is 0 Å². The zero-order valence-electron chi connectivity index (χ0n) is 8.24. The minimum atomic E-state index is -0.0533. The molecule has 0 fully saturated rings. The second kappa shape index (κ2) is 4.07. The average molecular weight is 181 g/mol. The van der Waals surface area contributed by atoms with Crippen molar-refractivity contribution >= 4 is 5.91 Å². The summed E-state index contributed by atoms with van der Waals surface area (Å²) >= 11 is 0. The Morgan fingerprint density at radius 2 is 2.46 bits per heavy atom. The van der Waals surface area contributed by atoms with Gasteiger partial charge in [-0.1, -0.05) is 6.92 Å². The largest absolute Gasteiger partial charge is 0.350 e. The second-order valence-electron chi connectivity index (χ2n) is 3.19. The zero-order chi connectivity index (χ0) is 9.84. The maximum Gasteiger partial charge on any atom is 0.254 e. The van der Waals surface area contributed by atoms with Gasteiger partial charge < -0.3 is 5.32 Å². The maximum atomic E-state index is 11.5. The number of aryl methyl sites for hydroxylation is 1. The van der Waals surface area contributed by atoms with Gasteiger partial charge in [0.2, 0.25) is 0 Å². The number of carbonyl (C=O) groups is 1. The number of carbonyl (C=O) groups excluding carboxylic acids is 1. The first kappa shape index (κ1) is 9.77. The summed E-state index contributed by atoms with van der Waals surface area (Å²) in [4.78, 5) is 11.5. The van der Waals surface area contributed by atoms with Crippen molar-refractivity contribution in [2.24, 2.45) is 7.05 Å². The normalized spacial score (nSPS) is 12.5. The Morgan fingerprint density at radius 3 is 2.92 bits per heavy atom. The summed E-state index contributed by atoms with van der Waals surface area (Å²) in [5, 5.41) is 6.79. The van der Waals surface area contributed by atoms with Gasteiger partial charge >= 0.3 is 0 Å². The molecular formula is C9H15N3O. The fraction of sp³-hybridized carbons (Fsp3) is 0.556. The molecule has 0 spiro atoms. The van der Waals surface area contributed by atoms with Crippen molar-refractivity contribution in [3.63, 3.8) is 0 Å². The maximum absolute atomic E-state index is 11.5. The molecule has 0 saturated heterocycles. The third-order valence-corrected chi connectivity index (χ3v) is 1.96. The van der Waals surface area contributed by atoms with E-state index in [2.05, 4.69) is 10.4 Å². The van der Waals surface area contributed by atoms with E-state index in [-0.39, 0.29) is 11.9 Å². The molecule has 1 heterocycles. The van der Waals surface area contributed by atoms with Gasteiger partial charge in [0.25, 0.3) is 5.91 Å². The van der Waals surface area contributed by atoms with Crippen LogP contribution in [-0.4, -0.2) is 21.7 Å². The molecule has 0 aliphatic heterocycles. The second-order valence-corrected chi connectivity index (χ2v) is 3.19. The summed E-state index contributed by atoms with van der Waals surface area (Å²) < 4.78 is 1.62. The lowest BCUT2D eigenvalue weighted by molar-refractivity contribution is 0.0939. The van der Waals surface area contributed by atoms with E-state index in [1.165, 1.54) is 0 Å². The molecule has 1 N–H and O–H groups in total. The van der Waals surface area contributed by atoms with Gasteiger partial charge in [-0.2, -0.15) is 5.10 Å². The number of hydrogen-bond acceptors (Lipinski definition) is 2. The highest BCUT2D eigenvalue weighted by Gasteiger charge is 2.09. The minimum Gasteiger partial charge on any atom is -0.350 e. The van der Waals surface area contributed by atoms with Gasteiger partial charge in [-0.15, -0.1) is 0 Å². The van der Waals surface area contributed by atoms with Crippen LogP contribution in [0.25, 0.3) is 0 Å². The quantitative estimate of drug-likeness (QED) is 0.754. The first-order valence-corrected chi connectivity index (χ1v) is 4.43. The summed E-state index contributed by atoms with van der Waals surface area (Å²) in [7, 11) is 1.79. The van der Waals surface area contributed by atoms with Crippen LogP contribution in [0.5, 0.6) is 0 Å². The fourth-order valence-electron chi connectivity index (χ4n) is 0.948. The third-order valence-electron chi connectivity index (χ3n) is 1.96. The number of rotatable bonds is 3. The Balaban J connectivity index is 2.58. The highest BCUT2D eigenvalue weighted by molar-refractivity contribution is 5.93. The fourth-order valence-corrected chi connectivity index (χ4v) is 0.948. The van der Waals surface area contributed by atoms with Gasteiger partial charge in [-0.3, -0.25) is 9.48 Å². The Kier molecular flexibility index (Phi) is 3.06. The predicted octanol–water partition coefficient (Wildman–Crippen LogP) is 0.948. The molecule has 0 bridgehead atoms. The lowest BCUT2D eigenvalue weighted by Crippen LogP contribution is -2.31. The van der Waals surface area contributed by atoms with Gasteiger partial charge in [0, 0.05) is 19.3 Å². The van der Waals surface area contributed by atoms with Gasteiger partial charge in [0.05, 0.1) is 11.8 Å². The molecule has 0 aliphatic carbocycles. The third kappa shape index (κ3) is 2.57. The van der Waals surface area contributed by atoms with Crippen LogP contribution in [0.15, 0.2) is 12.4 Å². The number of nitrogens with zero attached hydrogens (tertiary/aromatic N) is 2. The van der Waals surface area contributed by atoms with Crippen LogP contribution in [0.4, 0.5) is 0 Å². The summed E-state index contributed by atoms with van der Waals surface area (Å²) in [5.41, 5.74) is 0.614. The van der Waals surface area contributed by atoms with Gasteiger partial charge in [0.15, 0.2) is 0 Å². The van der Waals surface area contributed by atoms with Crippen LogP contribution < -0.4 is 5.32 Å². The molecule has 1 aromatic rings. The van der Waals surface area contributed by atoms with Crippen LogP contribution in [0.1, 0.15) is 30.6 Å². The number of aromatic nitrogens is 2. The molecule has 1 atom stereocenters. The number of hydrogen-bond donors (Lipinski definition) is 1. The Hall–Kier alpha value is -1.32. The topological polar surface area (TPSA) is 46.9 Å². The molecule has 1 aromatic heterocycles. The van der Waals surface area contributed by atoms with Gasteiger partial charge in [-0.25, -0.2) is 0 Å². The monoisotopic (exact) mass is 181 g/mol. The standard InChI is InChI=1S/C9H15N3O/c1-4-7(2)11-9(13)8-5-10-12(3)6-8/h5-7H,4H2,1-3H3,(H,11,13)/t7-/m0/s1. The first-order chi connectivity index (χ1) is 6.13. The highest BCUT2D eigenvalue weighted by atomic mass is 16.1. The molecule has 13 heavy (non-hydrogen) atoms.